The van der Waals surface area contributed by atoms with Gasteiger partial charge >= 0.3 is 5.97 Å². The number of aliphatic hydroxyl groups is 2. The molecule has 0 amide bonds. The number of carboxylic acid groups (broad SMARTS) is 1. The molecule has 0 aromatic rings. The molecule has 0 heterocycles. The van der Waals surface area contributed by atoms with Gasteiger partial charge in [-0.2, -0.15) is 0 Å². The van der Waals surface area contributed by atoms with Crippen LogP contribution >= 0.6 is 0 Å². The Morgan fingerprint density at radius 1 is 1.47 bits per heavy atom. The third kappa shape index (κ3) is 2.64. The third-order valence-corrected chi connectivity index (χ3v) is 3.31. The molecule has 1 aliphatic carbocycles. The summed E-state index contributed by atoms with van der Waals surface area (Å²) in [6.45, 7) is 1.43. The van der Waals surface area contributed by atoms with Crippen molar-refractivity contribution in [1.29, 1.82) is 0 Å². The zero-order chi connectivity index (χ0) is 14.8. The summed E-state index contributed by atoms with van der Waals surface area (Å²) < 4.78 is 10.3. The first kappa shape index (κ1) is 15.6. The molecule has 2 atom stereocenters. The molecule has 0 bridgehead atoms. The lowest BCUT2D eigenvalue weighted by Gasteiger charge is -2.42. The minimum absolute atomic E-state index is 0.00988. The van der Waals surface area contributed by atoms with Crippen molar-refractivity contribution in [1.82, 2.24) is 0 Å². The number of allylic oxidation sites excluding steroid dienone is 1. The van der Waals surface area contributed by atoms with E-state index in [1.807, 2.05) is 0 Å². The summed E-state index contributed by atoms with van der Waals surface area (Å²) in [4.78, 5) is 10.8. The van der Waals surface area contributed by atoms with Crippen molar-refractivity contribution >= 4 is 5.97 Å². The maximum atomic E-state index is 10.8. The first-order valence-electron chi connectivity index (χ1n) is 5.64. The van der Waals surface area contributed by atoms with E-state index in [2.05, 4.69) is 0 Å². The Kier molecular flexibility index (Phi) is 4.36. The van der Waals surface area contributed by atoms with Crippen molar-refractivity contribution < 1.29 is 29.6 Å². The predicted molar refractivity (Wildman–Crippen MR) is 66.0 cm³/mol. The molecule has 0 aromatic heterocycles. The molecule has 1 aliphatic rings. The Morgan fingerprint density at radius 2 is 2.05 bits per heavy atom. The summed E-state index contributed by atoms with van der Waals surface area (Å²) >= 11 is 0. The van der Waals surface area contributed by atoms with E-state index in [0.717, 1.165) is 6.08 Å². The molecule has 7 heteroatoms. The number of carboxylic acids is 1. The molecule has 7 nitrogen and oxygen atoms in total. The second kappa shape index (κ2) is 5.30. The maximum Gasteiger partial charge on any atom is 0.320 e. The summed E-state index contributed by atoms with van der Waals surface area (Å²) in [7, 11) is 2.64. The molecule has 0 fully saturated rings. The van der Waals surface area contributed by atoms with Crippen molar-refractivity contribution in [2.45, 2.75) is 30.8 Å². The second-order valence-corrected chi connectivity index (χ2v) is 4.50. The van der Waals surface area contributed by atoms with Gasteiger partial charge in [0, 0.05) is 13.5 Å². The highest BCUT2D eigenvalue weighted by Gasteiger charge is 2.52. The minimum Gasteiger partial charge on any atom is -0.498 e. The molecule has 0 saturated heterocycles. The van der Waals surface area contributed by atoms with Crippen LogP contribution in [-0.2, 0) is 14.3 Å². The van der Waals surface area contributed by atoms with Crippen LogP contribution in [0.15, 0.2) is 23.5 Å². The summed E-state index contributed by atoms with van der Waals surface area (Å²) in [6, 6.07) is -1.12. The summed E-state index contributed by atoms with van der Waals surface area (Å²) in [5.74, 6) is -3.27. The van der Waals surface area contributed by atoms with Crippen LogP contribution in [0.4, 0.5) is 0 Å². The Morgan fingerprint density at radius 3 is 2.47 bits per heavy atom. The van der Waals surface area contributed by atoms with Gasteiger partial charge in [0.25, 0.3) is 0 Å². The standard InChI is InChI=1S/C12H19NO6/c1-11(19-3)9(18-2)7(4-5-12(11,16)17)6-8(13)10(14)15/h4-5,8,16-17H,6,13H2,1-3H3,(H,14,15). The van der Waals surface area contributed by atoms with Crippen LogP contribution in [0.1, 0.15) is 13.3 Å². The van der Waals surface area contributed by atoms with E-state index in [9.17, 15) is 15.0 Å². The van der Waals surface area contributed by atoms with Crippen molar-refractivity contribution in [3.63, 3.8) is 0 Å². The van der Waals surface area contributed by atoms with Gasteiger partial charge in [0.05, 0.1) is 7.11 Å². The van der Waals surface area contributed by atoms with Crippen LogP contribution in [0.25, 0.3) is 0 Å². The molecule has 108 valence electrons. The molecule has 0 saturated carbocycles. The van der Waals surface area contributed by atoms with Crippen LogP contribution < -0.4 is 5.73 Å². The molecular weight excluding hydrogens is 254 g/mol. The van der Waals surface area contributed by atoms with E-state index in [1.54, 1.807) is 0 Å². The number of nitrogens with two attached hydrogens (primary N) is 1. The average Bonchev–Trinajstić information content (AvgIpc) is 2.34. The average molecular weight is 273 g/mol. The summed E-state index contributed by atoms with van der Waals surface area (Å²) in [6.07, 6.45) is 2.48. The van der Waals surface area contributed by atoms with Crippen molar-refractivity contribution in [3.8, 4) is 0 Å². The molecule has 0 aromatic carbocycles. The monoisotopic (exact) mass is 273 g/mol. The van der Waals surface area contributed by atoms with Gasteiger partial charge in [0.1, 0.15) is 11.8 Å². The van der Waals surface area contributed by atoms with Crippen LogP contribution in [-0.4, -0.2) is 52.9 Å². The summed E-state index contributed by atoms with van der Waals surface area (Å²) in [5, 5.41) is 28.7. The smallest absolute Gasteiger partial charge is 0.320 e. The number of rotatable bonds is 5. The van der Waals surface area contributed by atoms with E-state index in [0.29, 0.717) is 5.57 Å². The molecule has 0 radical (unpaired) electrons. The molecule has 19 heavy (non-hydrogen) atoms. The van der Waals surface area contributed by atoms with Gasteiger partial charge in [-0.05, 0) is 18.6 Å². The quantitative estimate of drug-likeness (QED) is 0.491. The third-order valence-electron chi connectivity index (χ3n) is 3.31. The lowest BCUT2D eigenvalue weighted by molar-refractivity contribution is -0.243. The number of methoxy groups -OCH3 is 2. The summed E-state index contributed by atoms with van der Waals surface area (Å²) in [5.41, 5.74) is 4.38. The number of aliphatic carboxylic acids is 1. The Balaban J connectivity index is 3.22. The van der Waals surface area contributed by atoms with Crippen LogP contribution in [0, 0.1) is 0 Å². The fraction of sp³-hybridized carbons (Fsp3) is 0.583. The lowest BCUT2D eigenvalue weighted by atomic mass is 9.83. The van der Waals surface area contributed by atoms with Gasteiger partial charge in [-0.25, -0.2) is 0 Å². The van der Waals surface area contributed by atoms with Gasteiger partial charge < -0.3 is 30.5 Å². The van der Waals surface area contributed by atoms with Gasteiger partial charge in [0.15, 0.2) is 5.60 Å². The van der Waals surface area contributed by atoms with Crippen LogP contribution in [0.3, 0.4) is 0 Å². The van der Waals surface area contributed by atoms with Crippen molar-refractivity contribution in [2.24, 2.45) is 5.73 Å². The number of hydrogen-bond donors (Lipinski definition) is 4. The first-order chi connectivity index (χ1) is 8.69. The van der Waals surface area contributed by atoms with E-state index in [-0.39, 0.29) is 12.2 Å². The lowest BCUT2D eigenvalue weighted by Crippen LogP contribution is -2.55. The van der Waals surface area contributed by atoms with E-state index < -0.39 is 23.4 Å². The second-order valence-electron chi connectivity index (χ2n) is 4.50. The zero-order valence-corrected chi connectivity index (χ0v) is 11.1. The van der Waals surface area contributed by atoms with Crippen molar-refractivity contribution in [3.05, 3.63) is 23.5 Å². The SMILES string of the molecule is COC1=C(CC(N)C(=O)O)C=CC(O)(O)C1(C)OC. The number of ether oxygens (including phenoxy) is 2. The van der Waals surface area contributed by atoms with Crippen LogP contribution in [0.5, 0.6) is 0 Å². The van der Waals surface area contributed by atoms with E-state index >= 15 is 0 Å². The normalized spacial score (nSPS) is 27.3. The highest BCUT2D eigenvalue weighted by molar-refractivity contribution is 5.73. The highest BCUT2D eigenvalue weighted by Crippen LogP contribution is 2.39. The molecule has 5 N–H and O–H groups in total. The molecule has 1 rings (SSSR count). The number of carbonyl (C=O) groups is 1. The largest absolute Gasteiger partial charge is 0.498 e. The Labute approximate surface area is 110 Å². The minimum atomic E-state index is -2.26. The fourth-order valence-electron chi connectivity index (χ4n) is 1.98. The maximum absolute atomic E-state index is 10.8. The van der Waals surface area contributed by atoms with E-state index in [4.69, 9.17) is 20.3 Å². The predicted octanol–water partition coefficient (Wildman–Crippen LogP) is -0.655. The Hall–Kier alpha value is -1.41. The highest BCUT2D eigenvalue weighted by atomic mass is 16.6. The van der Waals surface area contributed by atoms with Gasteiger partial charge in [-0.15, -0.1) is 0 Å². The Bertz CT molecular complexity index is 428. The fourth-order valence-corrected chi connectivity index (χ4v) is 1.98. The first-order valence-corrected chi connectivity index (χ1v) is 5.64. The van der Waals surface area contributed by atoms with Crippen LogP contribution in [0.2, 0.25) is 0 Å². The van der Waals surface area contributed by atoms with Gasteiger partial charge in [-0.3, -0.25) is 4.79 Å². The van der Waals surface area contributed by atoms with E-state index in [1.165, 1.54) is 27.2 Å². The number of hydrogen-bond acceptors (Lipinski definition) is 6. The van der Waals surface area contributed by atoms with Crippen molar-refractivity contribution in [2.75, 3.05) is 14.2 Å². The molecule has 2 unspecified atom stereocenters. The molecular formula is C12H19NO6. The van der Waals surface area contributed by atoms with Gasteiger partial charge in [-0.1, -0.05) is 6.08 Å². The topological polar surface area (TPSA) is 122 Å². The van der Waals surface area contributed by atoms with Gasteiger partial charge in [0.2, 0.25) is 5.79 Å². The zero-order valence-electron chi connectivity index (χ0n) is 11.1. The molecule has 0 aliphatic heterocycles. The molecule has 0 spiro atoms.